The summed E-state index contributed by atoms with van der Waals surface area (Å²) in [6, 6.07) is 0. The van der Waals surface area contributed by atoms with Crippen LogP contribution in [0.2, 0.25) is 0 Å². The van der Waals surface area contributed by atoms with Crippen LogP contribution in [-0.4, -0.2) is 98.5 Å². The topological polar surface area (TPSA) is 149 Å². The van der Waals surface area contributed by atoms with Crippen LogP contribution in [0.3, 0.4) is 0 Å². The Hall–Kier alpha value is -0.360. The summed E-state index contributed by atoms with van der Waals surface area (Å²) in [6.45, 7) is 2.65. The highest BCUT2D eigenvalue weighted by molar-refractivity contribution is 4.93. The van der Waals surface area contributed by atoms with Crippen LogP contribution in [0.5, 0.6) is 0 Å². The fraction of sp³-hybridized carbons (Fsp3) is 1.00. The second kappa shape index (κ2) is 7.04. The Labute approximate surface area is 127 Å². The van der Waals surface area contributed by atoms with Crippen LogP contribution in [-0.2, 0) is 14.2 Å². The first-order valence-corrected chi connectivity index (χ1v) is 7.25. The van der Waals surface area contributed by atoms with Crippen molar-refractivity contribution in [2.75, 3.05) is 6.61 Å². The van der Waals surface area contributed by atoms with Crippen LogP contribution < -0.4 is 0 Å². The lowest BCUT2D eigenvalue weighted by molar-refractivity contribution is -0.338. The smallest absolute Gasteiger partial charge is 0.187 e. The maximum Gasteiger partial charge on any atom is 0.187 e. The Bertz CT molecular complexity index is 365. The zero-order valence-corrected chi connectivity index (χ0v) is 12.4. The Balaban J connectivity index is 2.08. The standard InChI is InChI=1S/C13H24O9/c1-4-7(15)10(18)12(5(2)20-4)22-13-11(19)9(17)8(16)6(3-14)21-13/h4-19H,3H2,1-2H3/t4-,5+,6+,7-,8+,9-,10-,11+,12+,13?/m0/s1. The van der Waals surface area contributed by atoms with E-state index >= 15 is 0 Å². The lowest BCUT2D eigenvalue weighted by Crippen LogP contribution is -2.63. The molecule has 0 aliphatic carbocycles. The number of rotatable bonds is 3. The predicted molar refractivity (Wildman–Crippen MR) is 70.7 cm³/mol. The monoisotopic (exact) mass is 324 g/mol. The maximum absolute atomic E-state index is 10.1. The predicted octanol–water partition coefficient (Wildman–Crippen LogP) is -3.30. The third kappa shape index (κ3) is 3.28. The highest BCUT2D eigenvalue weighted by atomic mass is 16.7. The van der Waals surface area contributed by atoms with E-state index in [-0.39, 0.29) is 0 Å². The summed E-state index contributed by atoms with van der Waals surface area (Å²) in [5.74, 6) is 0. The first-order chi connectivity index (χ1) is 10.3. The molecule has 0 amide bonds. The molecule has 10 atom stereocenters. The molecular weight excluding hydrogens is 300 g/mol. The van der Waals surface area contributed by atoms with Gasteiger partial charge in [0.1, 0.15) is 42.7 Å². The SMILES string of the molecule is C[C@@H]1O[C@H](C)[C@@H](OC2O[C@H](CO)[C@@H](O)[C@H](O)[C@H]2O)[C@@H](O)[C@H]1O. The van der Waals surface area contributed by atoms with Gasteiger partial charge in [-0.05, 0) is 13.8 Å². The molecule has 0 aromatic rings. The lowest BCUT2D eigenvalue weighted by atomic mass is 9.95. The largest absolute Gasteiger partial charge is 0.394 e. The molecule has 2 fully saturated rings. The average molecular weight is 324 g/mol. The molecule has 2 saturated heterocycles. The summed E-state index contributed by atoms with van der Waals surface area (Å²) in [5.41, 5.74) is 0. The van der Waals surface area contributed by atoms with Gasteiger partial charge in [-0.2, -0.15) is 0 Å². The minimum absolute atomic E-state index is 0.580. The first-order valence-electron chi connectivity index (χ1n) is 7.25. The van der Waals surface area contributed by atoms with E-state index in [1.165, 1.54) is 0 Å². The van der Waals surface area contributed by atoms with Gasteiger partial charge >= 0.3 is 0 Å². The zero-order valence-electron chi connectivity index (χ0n) is 12.4. The van der Waals surface area contributed by atoms with Gasteiger partial charge in [0.25, 0.3) is 0 Å². The van der Waals surface area contributed by atoms with Crippen molar-refractivity contribution >= 4 is 0 Å². The molecule has 9 nitrogen and oxygen atoms in total. The Morgan fingerprint density at radius 1 is 0.773 bits per heavy atom. The highest BCUT2D eigenvalue weighted by Crippen LogP contribution is 2.28. The average Bonchev–Trinajstić information content (AvgIpc) is 2.49. The number of aliphatic hydroxyl groups is 6. The Kier molecular flexibility index (Phi) is 5.75. The van der Waals surface area contributed by atoms with Gasteiger partial charge in [-0.3, -0.25) is 0 Å². The molecule has 0 radical (unpaired) electrons. The third-order valence-corrected chi connectivity index (χ3v) is 4.20. The lowest BCUT2D eigenvalue weighted by Gasteiger charge is -2.45. The van der Waals surface area contributed by atoms with Crippen LogP contribution in [0, 0.1) is 0 Å². The van der Waals surface area contributed by atoms with Crippen molar-refractivity contribution in [2.24, 2.45) is 0 Å². The quantitative estimate of drug-likeness (QED) is 0.314. The molecule has 130 valence electrons. The highest BCUT2D eigenvalue weighted by Gasteiger charge is 2.48. The Morgan fingerprint density at radius 3 is 2.00 bits per heavy atom. The molecule has 6 N–H and O–H groups in total. The van der Waals surface area contributed by atoms with Gasteiger partial charge in [0.2, 0.25) is 0 Å². The molecule has 9 heteroatoms. The van der Waals surface area contributed by atoms with Gasteiger partial charge < -0.3 is 44.8 Å². The van der Waals surface area contributed by atoms with Gasteiger partial charge in [-0.15, -0.1) is 0 Å². The summed E-state index contributed by atoms with van der Waals surface area (Å²) in [6.07, 6.45) is -11.8. The molecule has 0 aromatic heterocycles. The van der Waals surface area contributed by atoms with Crippen molar-refractivity contribution in [3.05, 3.63) is 0 Å². The summed E-state index contributed by atoms with van der Waals surface area (Å²) in [7, 11) is 0. The molecule has 2 rings (SSSR count). The summed E-state index contributed by atoms with van der Waals surface area (Å²) >= 11 is 0. The van der Waals surface area contributed by atoms with Gasteiger partial charge in [-0.1, -0.05) is 0 Å². The van der Waals surface area contributed by atoms with E-state index in [0.717, 1.165) is 0 Å². The normalized spacial score (nSPS) is 53.5. The van der Waals surface area contributed by atoms with Crippen LogP contribution in [0.4, 0.5) is 0 Å². The van der Waals surface area contributed by atoms with Crippen LogP contribution in [0.15, 0.2) is 0 Å². The minimum Gasteiger partial charge on any atom is -0.394 e. The summed E-state index contributed by atoms with van der Waals surface area (Å²) in [4.78, 5) is 0. The summed E-state index contributed by atoms with van der Waals surface area (Å²) in [5, 5.41) is 58.4. The van der Waals surface area contributed by atoms with Gasteiger partial charge in [-0.25, -0.2) is 0 Å². The van der Waals surface area contributed by atoms with Crippen molar-refractivity contribution in [3.8, 4) is 0 Å². The second-order valence-electron chi connectivity index (χ2n) is 5.83. The van der Waals surface area contributed by atoms with E-state index in [0.29, 0.717) is 0 Å². The Morgan fingerprint density at radius 2 is 1.41 bits per heavy atom. The van der Waals surface area contributed by atoms with Crippen molar-refractivity contribution < 1.29 is 44.8 Å². The number of hydrogen-bond acceptors (Lipinski definition) is 9. The van der Waals surface area contributed by atoms with Crippen LogP contribution in [0.25, 0.3) is 0 Å². The van der Waals surface area contributed by atoms with Gasteiger partial charge in [0, 0.05) is 0 Å². The molecule has 2 heterocycles. The third-order valence-electron chi connectivity index (χ3n) is 4.20. The van der Waals surface area contributed by atoms with Crippen molar-refractivity contribution in [1.29, 1.82) is 0 Å². The molecule has 2 aliphatic heterocycles. The van der Waals surface area contributed by atoms with Crippen molar-refractivity contribution in [1.82, 2.24) is 0 Å². The molecule has 2 aliphatic rings. The second-order valence-corrected chi connectivity index (χ2v) is 5.83. The van der Waals surface area contributed by atoms with Gasteiger partial charge in [0.15, 0.2) is 6.29 Å². The molecule has 0 aromatic carbocycles. The first kappa shape index (κ1) is 18.0. The molecule has 0 saturated carbocycles. The molecule has 0 bridgehead atoms. The molecule has 1 unspecified atom stereocenters. The number of aliphatic hydroxyl groups excluding tert-OH is 6. The number of hydrogen-bond donors (Lipinski definition) is 6. The molecule has 22 heavy (non-hydrogen) atoms. The fourth-order valence-electron chi connectivity index (χ4n) is 2.77. The van der Waals surface area contributed by atoms with E-state index < -0.39 is 67.8 Å². The van der Waals surface area contributed by atoms with E-state index in [1.807, 2.05) is 0 Å². The van der Waals surface area contributed by atoms with E-state index in [4.69, 9.17) is 19.3 Å². The summed E-state index contributed by atoms with van der Waals surface area (Å²) < 4.78 is 16.1. The van der Waals surface area contributed by atoms with Crippen molar-refractivity contribution in [3.63, 3.8) is 0 Å². The van der Waals surface area contributed by atoms with E-state index in [2.05, 4.69) is 0 Å². The number of ether oxygens (including phenoxy) is 3. The van der Waals surface area contributed by atoms with Gasteiger partial charge in [0.05, 0.1) is 18.8 Å². The minimum atomic E-state index is -1.58. The van der Waals surface area contributed by atoms with Crippen LogP contribution in [0.1, 0.15) is 13.8 Å². The zero-order chi connectivity index (χ0) is 16.6. The van der Waals surface area contributed by atoms with Crippen molar-refractivity contribution in [2.45, 2.75) is 75.1 Å². The van der Waals surface area contributed by atoms with E-state index in [1.54, 1.807) is 13.8 Å². The molecule has 0 spiro atoms. The fourth-order valence-corrected chi connectivity index (χ4v) is 2.77. The maximum atomic E-state index is 10.1. The van der Waals surface area contributed by atoms with Crippen LogP contribution >= 0.6 is 0 Å². The van der Waals surface area contributed by atoms with E-state index in [9.17, 15) is 25.5 Å². The molecular formula is C13H24O9.